The van der Waals surface area contributed by atoms with Crippen molar-refractivity contribution in [2.24, 2.45) is 0 Å². The third-order valence-corrected chi connectivity index (χ3v) is 3.94. The summed E-state index contributed by atoms with van der Waals surface area (Å²) in [6.07, 6.45) is 2.10. The minimum absolute atomic E-state index is 0.178. The predicted octanol–water partition coefficient (Wildman–Crippen LogP) is 3.48. The number of benzene rings is 1. The van der Waals surface area contributed by atoms with Gasteiger partial charge in [0.25, 0.3) is 0 Å². The van der Waals surface area contributed by atoms with Crippen molar-refractivity contribution in [2.75, 3.05) is 6.61 Å². The topological polar surface area (TPSA) is 27.1 Å². The van der Waals surface area contributed by atoms with Gasteiger partial charge in [-0.1, -0.05) is 0 Å². The summed E-state index contributed by atoms with van der Waals surface area (Å²) < 4.78 is 21.1. The highest BCUT2D eigenvalue weighted by atomic mass is 35.5. The number of ether oxygens (including phenoxy) is 1. The van der Waals surface area contributed by atoms with E-state index in [9.17, 15) is 4.39 Å². The number of hydrogen-bond acceptors (Lipinski definition) is 2. The Morgan fingerprint density at radius 2 is 2.37 bits per heavy atom. The molecule has 2 heterocycles. The summed E-state index contributed by atoms with van der Waals surface area (Å²) in [7, 11) is 0. The van der Waals surface area contributed by atoms with Crippen LogP contribution in [0.5, 0.6) is 0 Å². The molecule has 1 aliphatic heterocycles. The first-order valence-corrected chi connectivity index (χ1v) is 6.99. The molecule has 1 unspecified atom stereocenters. The number of imidazole rings is 1. The Morgan fingerprint density at radius 3 is 3.05 bits per heavy atom. The number of fused-ring (bicyclic) bond motifs is 1. The largest absolute Gasteiger partial charge is 0.373 e. The Bertz CT molecular complexity index is 605. The molecule has 102 valence electrons. The van der Waals surface area contributed by atoms with Gasteiger partial charge in [0.2, 0.25) is 0 Å². The molecule has 1 aliphatic rings. The van der Waals surface area contributed by atoms with Crippen LogP contribution in [0.4, 0.5) is 4.39 Å². The number of aromatic nitrogens is 2. The van der Waals surface area contributed by atoms with Crippen LogP contribution >= 0.6 is 11.6 Å². The maximum Gasteiger partial charge on any atom is 0.125 e. The van der Waals surface area contributed by atoms with E-state index in [0.717, 1.165) is 30.8 Å². The zero-order valence-corrected chi connectivity index (χ0v) is 11.6. The minimum Gasteiger partial charge on any atom is -0.373 e. The zero-order chi connectivity index (χ0) is 13.5. The normalized spacial score (nSPS) is 23.3. The maximum absolute atomic E-state index is 13.3. The van der Waals surface area contributed by atoms with Crippen LogP contribution in [0.25, 0.3) is 11.0 Å². The summed E-state index contributed by atoms with van der Waals surface area (Å²) in [5, 5.41) is 0. The molecule has 0 N–H and O–H groups in total. The van der Waals surface area contributed by atoms with Crippen molar-refractivity contribution in [2.45, 2.75) is 37.8 Å². The summed E-state index contributed by atoms with van der Waals surface area (Å²) in [5.41, 5.74) is 1.38. The van der Waals surface area contributed by atoms with Crippen molar-refractivity contribution in [3.8, 4) is 0 Å². The second-order valence-electron chi connectivity index (χ2n) is 5.28. The second kappa shape index (κ2) is 4.76. The molecule has 0 aliphatic carbocycles. The van der Waals surface area contributed by atoms with Gasteiger partial charge in [-0.15, -0.1) is 11.6 Å². The zero-order valence-electron chi connectivity index (χ0n) is 10.8. The smallest absolute Gasteiger partial charge is 0.125 e. The molecule has 0 saturated carbocycles. The van der Waals surface area contributed by atoms with Gasteiger partial charge in [-0.2, -0.15) is 0 Å². The minimum atomic E-state index is -0.276. The van der Waals surface area contributed by atoms with E-state index in [4.69, 9.17) is 16.3 Å². The standard InChI is InChI=1S/C14H16ClFN2O/c1-14(5-2-6-19-14)9-18-12-4-3-10(16)7-11(12)17-13(18)8-15/h3-4,7H,2,5-6,8-9H2,1H3. The van der Waals surface area contributed by atoms with Gasteiger partial charge in [-0.3, -0.25) is 0 Å². The van der Waals surface area contributed by atoms with Crippen molar-refractivity contribution >= 4 is 22.6 Å². The third-order valence-electron chi connectivity index (χ3n) is 3.70. The average Bonchev–Trinajstić information content (AvgIpc) is 2.94. The van der Waals surface area contributed by atoms with Gasteiger partial charge in [0.05, 0.1) is 29.1 Å². The van der Waals surface area contributed by atoms with Crippen LogP contribution in [0.15, 0.2) is 18.2 Å². The fourth-order valence-corrected chi connectivity index (χ4v) is 2.93. The number of hydrogen-bond donors (Lipinski definition) is 0. The maximum atomic E-state index is 13.3. The van der Waals surface area contributed by atoms with E-state index in [1.165, 1.54) is 12.1 Å². The second-order valence-corrected chi connectivity index (χ2v) is 5.55. The van der Waals surface area contributed by atoms with Gasteiger partial charge < -0.3 is 9.30 Å². The lowest BCUT2D eigenvalue weighted by atomic mass is 10.0. The van der Waals surface area contributed by atoms with Crippen molar-refractivity contribution in [3.05, 3.63) is 29.8 Å². The first kappa shape index (κ1) is 12.9. The van der Waals surface area contributed by atoms with Crippen LogP contribution in [0.3, 0.4) is 0 Å². The Hall–Kier alpha value is -1.13. The summed E-state index contributed by atoms with van der Waals surface area (Å²) in [5.74, 6) is 0.799. The summed E-state index contributed by atoms with van der Waals surface area (Å²) in [4.78, 5) is 4.40. The van der Waals surface area contributed by atoms with Crippen LogP contribution in [-0.2, 0) is 17.2 Å². The average molecular weight is 283 g/mol. The quantitative estimate of drug-likeness (QED) is 0.806. The SMILES string of the molecule is CC1(Cn2c(CCl)nc3cc(F)ccc32)CCCO1. The van der Waals surface area contributed by atoms with Gasteiger partial charge in [-0.05, 0) is 31.9 Å². The Morgan fingerprint density at radius 1 is 1.53 bits per heavy atom. The molecule has 1 fully saturated rings. The molecular formula is C14H16ClFN2O. The summed E-state index contributed by atoms with van der Waals surface area (Å²) >= 11 is 5.96. The van der Waals surface area contributed by atoms with Crippen molar-refractivity contribution in [1.82, 2.24) is 9.55 Å². The van der Waals surface area contributed by atoms with Crippen molar-refractivity contribution in [1.29, 1.82) is 0 Å². The molecule has 1 saturated heterocycles. The van der Waals surface area contributed by atoms with Crippen molar-refractivity contribution in [3.63, 3.8) is 0 Å². The highest BCUT2D eigenvalue weighted by Gasteiger charge is 2.31. The van der Waals surface area contributed by atoms with Crippen LogP contribution < -0.4 is 0 Å². The van der Waals surface area contributed by atoms with Crippen LogP contribution in [-0.4, -0.2) is 21.8 Å². The number of halogens is 2. The molecule has 0 spiro atoms. The van der Waals surface area contributed by atoms with E-state index in [-0.39, 0.29) is 11.4 Å². The van der Waals surface area contributed by atoms with E-state index in [1.54, 1.807) is 6.07 Å². The van der Waals surface area contributed by atoms with E-state index in [0.29, 0.717) is 17.9 Å². The molecule has 5 heteroatoms. The summed E-state index contributed by atoms with van der Waals surface area (Å²) in [6, 6.07) is 4.65. The fraction of sp³-hybridized carbons (Fsp3) is 0.500. The fourth-order valence-electron chi connectivity index (χ4n) is 2.73. The molecule has 3 rings (SSSR count). The number of alkyl halides is 1. The monoisotopic (exact) mass is 282 g/mol. The van der Waals surface area contributed by atoms with Gasteiger partial charge in [0.15, 0.2) is 0 Å². The van der Waals surface area contributed by atoms with Crippen LogP contribution in [0, 0.1) is 5.82 Å². The third kappa shape index (κ3) is 2.35. The molecule has 1 aromatic carbocycles. The Kier molecular flexibility index (Phi) is 3.23. The van der Waals surface area contributed by atoms with Gasteiger partial charge in [0.1, 0.15) is 11.6 Å². The molecule has 1 atom stereocenters. The van der Waals surface area contributed by atoms with Gasteiger partial charge in [-0.25, -0.2) is 9.37 Å². The van der Waals surface area contributed by atoms with E-state index < -0.39 is 0 Å². The first-order chi connectivity index (χ1) is 9.11. The summed E-state index contributed by atoms with van der Waals surface area (Å²) in [6.45, 7) is 3.61. The number of rotatable bonds is 3. The molecule has 1 aromatic heterocycles. The molecule has 0 bridgehead atoms. The van der Waals surface area contributed by atoms with Gasteiger partial charge in [0, 0.05) is 12.7 Å². The van der Waals surface area contributed by atoms with E-state index in [2.05, 4.69) is 11.9 Å². The molecule has 3 nitrogen and oxygen atoms in total. The molecule has 2 aromatic rings. The van der Waals surface area contributed by atoms with E-state index >= 15 is 0 Å². The molecule has 19 heavy (non-hydrogen) atoms. The van der Waals surface area contributed by atoms with Gasteiger partial charge >= 0.3 is 0 Å². The Balaban J connectivity index is 2.05. The number of nitrogens with zero attached hydrogens (tertiary/aromatic N) is 2. The van der Waals surface area contributed by atoms with Crippen LogP contribution in [0.1, 0.15) is 25.6 Å². The predicted molar refractivity (Wildman–Crippen MR) is 72.8 cm³/mol. The highest BCUT2D eigenvalue weighted by molar-refractivity contribution is 6.16. The Labute approximate surface area is 116 Å². The first-order valence-electron chi connectivity index (χ1n) is 6.46. The van der Waals surface area contributed by atoms with Crippen molar-refractivity contribution < 1.29 is 9.13 Å². The highest BCUT2D eigenvalue weighted by Crippen LogP contribution is 2.29. The lowest BCUT2D eigenvalue weighted by Gasteiger charge is -2.24. The van der Waals surface area contributed by atoms with E-state index in [1.807, 2.05) is 4.57 Å². The lowest BCUT2D eigenvalue weighted by Crippen LogP contribution is -2.30. The molecule has 0 amide bonds. The molecule has 0 radical (unpaired) electrons. The van der Waals surface area contributed by atoms with Crippen LogP contribution in [0.2, 0.25) is 0 Å². The molecular weight excluding hydrogens is 267 g/mol. The lowest BCUT2D eigenvalue weighted by molar-refractivity contribution is 0.00661.